The smallest absolute Gasteiger partial charge is 0.373 e. The fraction of sp³-hybridized carbons (Fsp3) is 0.286. The molecular formula is C21H19ClN2O6S. The molecule has 4 rings (SSSR count). The number of esters is 1. The molecule has 0 saturated carbocycles. The van der Waals surface area contributed by atoms with Gasteiger partial charge in [0.2, 0.25) is 0 Å². The van der Waals surface area contributed by atoms with Crippen molar-refractivity contribution in [2.75, 3.05) is 18.2 Å². The fourth-order valence-electron chi connectivity index (χ4n) is 3.75. The van der Waals surface area contributed by atoms with Gasteiger partial charge in [-0.1, -0.05) is 48.0 Å². The van der Waals surface area contributed by atoms with Gasteiger partial charge in [-0.3, -0.25) is 9.68 Å². The average molecular weight is 463 g/mol. The van der Waals surface area contributed by atoms with E-state index in [0.717, 1.165) is 5.75 Å². The summed E-state index contributed by atoms with van der Waals surface area (Å²) in [5.74, 6) is -1.49. The van der Waals surface area contributed by atoms with E-state index in [1.54, 1.807) is 53.1 Å². The predicted octanol–water partition coefficient (Wildman–Crippen LogP) is 2.15. The van der Waals surface area contributed by atoms with Crippen molar-refractivity contribution >= 4 is 41.2 Å². The molecule has 1 amide bonds. The Kier molecular flexibility index (Phi) is 5.94. The molecule has 2 aliphatic heterocycles. The quantitative estimate of drug-likeness (QED) is 0.379. The van der Waals surface area contributed by atoms with Gasteiger partial charge < -0.3 is 10.5 Å². The number of primary amides is 1. The predicted molar refractivity (Wildman–Crippen MR) is 113 cm³/mol. The summed E-state index contributed by atoms with van der Waals surface area (Å²) in [5, 5.41) is 0.331. The summed E-state index contributed by atoms with van der Waals surface area (Å²) in [5.41, 5.74) is 2.67. The standard InChI is InChI=1S/C21H19ClN2O6S/c22-16-8-4-7-15(11-16)17(25)29-30-20(12-14-5-2-1-3-6-14)19(27)28-21(20,18(23)26)24-9-10-31-13-24/h1-8,11H,9-10,12-13H2,(H2,23,26)/t20-,21+/m0/s1. The Balaban J connectivity index is 1.69. The number of amides is 1. The van der Waals surface area contributed by atoms with Gasteiger partial charge >= 0.3 is 11.9 Å². The third kappa shape index (κ3) is 3.67. The molecule has 2 saturated heterocycles. The van der Waals surface area contributed by atoms with Gasteiger partial charge in [0, 0.05) is 29.6 Å². The molecule has 2 aromatic carbocycles. The van der Waals surface area contributed by atoms with E-state index in [-0.39, 0.29) is 12.0 Å². The van der Waals surface area contributed by atoms with Crippen LogP contribution in [0.2, 0.25) is 5.02 Å². The average Bonchev–Trinajstić information content (AvgIpc) is 3.29. The lowest BCUT2D eigenvalue weighted by molar-refractivity contribution is -0.398. The van der Waals surface area contributed by atoms with Crippen LogP contribution in [0.4, 0.5) is 0 Å². The number of thioether (sulfide) groups is 1. The van der Waals surface area contributed by atoms with Crippen LogP contribution in [0.25, 0.3) is 0 Å². The zero-order valence-corrected chi connectivity index (χ0v) is 17.9. The van der Waals surface area contributed by atoms with E-state index in [9.17, 15) is 14.4 Å². The zero-order valence-electron chi connectivity index (χ0n) is 16.3. The summed E-state index contributed by atoms with van der Waals surface area (Å²) < 4.78 is 5.38. The molecule has 10 heteroatoms. The third-order valence-electron chi connectivity index (χ3n) is 5.27. The molecule has 0 aromatic heterocycles. The van der Waals surface area contributed by atoms with Gasteiger partial charge in [0.15, 0.2) is 0 Å². The summed E-state index contributed by atoms with van der Waals surface area (Å²) >= 11 is 7.48. The molecule has 0 spiro atoms. The SMILES string of the molecule is NC(=O)[C@@]1(N2CCSC2)OC(=O)[C@]1(Cc1ccccc1)OOC(=O)c1cccc(Cl)c1. The van der Waals surface area contributed by atoms with Crippen LogP contribution in [-0.2, 0) is 30.5 Å². The lowest BCUT2D eigenvalue weighted by Crippen LogP contribution is -2.84. The third-order valence-corrected chi connectivity index (χ3v) is 6.47. The highest BCUT2D eigenvalue weighted by atomic mass is 35.5. The molecule has 2 N–H and O–H groups in total. The van der Waals surface area contributed by atoms with Gasteiger partial charge in [-0.05, 0) is 23.8 Å². The monoisotopic (exact) mass is 462 g/mol. The van der Waals surface area contributed by atoms with Crippen molar-refractivity contribution in [2.45, 2.75) is 17.7 Å². The maximum Gasteiger partial charge on any atom is 0.373 e. The van der Waals surface area contributed by atoms with Gasteiger partial charge in [-0.15, -0.1) is 11.8 Å². The summed E-state index contributed by atoms with van der Waals surface area (Å²) in [6.45, 7) is 0.447. The molecule has 0 aliphatic carbocycles. The first-order chi connectivity index (χ1) is 14.9. The van der Waals surface area contributed by atoms with Crippen molar-refractivity contribution in [3.63, 3.8) is 0 Å². The van der Waals surface area contributed by atoms with Crippen molar-refractivity contribution in [1.29, 1.82) is 0 Å². The topological polar surface area (TPSA) is 108 Å². The summed E-state index contributed by atoms with van der Waals surface area (Å²) in [7, 11) is 0. The second-order valence-electron chi connectivity index (χ2n) is 7.15. The van der Waals surface area contributed by atoms with Crippen LogP contribution in [-0.4, -0.2) is 52.2 Å². The number of carbonyl (C=O) groups is 3. The zero-order chi connectivity index (χ0) is 22.1. The van der Waals surface area contributed by atoms with Crippen molar-refractivity contribution in [1.82, 2.24) is 4.90 Å². The van der Waals surface area contributed by atoms with E-state index in [4.69, 9.17) is 31.8 Å². The van der Waals surface area contributed by atoms with Crippen LogP contribution < -0.4 is 5.73 Å². The maximum absolute atomic E-state index is 12.8. The van der Waals surface area contributed by atoms with Crippen molar-refractivity contribution < 1.29 is 28.9 Å². The summed E-state index contributed by atoms with van der Waals surface area (Å²) in [6.07, 6.45) is -0.0837. The molecule has 0 unspecified atom stereocenters. The van der Waals surface area contributed by atoms with E-state index in [1.807, 2.05) is 6.07 Å². The number of hydrogen-bond donors (Lipinski definition) is 1. The fourth-order valence-corrected chi connectivity index (χ4v) is 4.95. The molecule has 8 nitrogen and oxygen atoms in total. The molecule has 2 atom stereocenters. The number of benzene rings is 2. The lowest BCUT2D eigenvalue weighted by atomic mass is 9.77. The van der Waals surface area contributed by atoms with Gasteiger partial charge in [0.05, 0.1) is 5.56 Å². The van der Waals surface area contributed by atoms with E-state index in [1.165, 1.54) is 12.1 Å². The molecule has 31 heavy (non-hydrogen) atoms. The van der Waals surface area contributed by atoms with Gasteiger partial charge in [-0.2, -0.15) is 4.89 Å². The molecule has 162 valence electrons. The minimum atomic E-state index is -1.96. The van der Waals surface area contributed by atoms with Gasteiger partial charge in [-0.25, -0.2) is 14.5 Å². The highest BCUT2D eigenvalue weighted by Crippen LogP contribution is 2.48. The van der Waals surface area contributed by atoms with E-state index in [2.05, 4.69) is 0 Å². The summed E-state index contributed by atoms with van der Waals surface area (Å²) in [4.78, 5) is 50.2. The Morgan fingerprint density at radius 1 is 1.19 bits per heavy atom. The van der Waals surface area contributed by atoms with Crippen LogP contribution in [0.3, 0.4) is 0 Å². The molecular weight excluding hydrogens is 444 g/mol. The Bertz CT molecular complexity index is 1020. The minimum absolute atomic E-state index is 0.0837. The Morgan fingerprint density at radius 3 is 2.58 bits per heavy atom. The minimum Gasteiger partial charge on any atom is -0.427 e. The number of nitrogens with zero attached hydrogens (tertiary/aromatic N) is 1. The molecule has 2 aromatic rings. The molecule has 2 aliphatic rings. The van der Waals surface area contributed by atoms with Crippen LogP contribution in [0.5, 0.6) is 0 Å². The second-order valence-corrected chi connectivity index (χ2v) is 8.66. The number of halogens is 1. The number of cyclic esters (lactones) is 1. The van der Waals surface area contributed by atoms with E-state index < -0.39 is 29.2 Å². The second kappa shape index (κ2) is 8.51. The van der Waals surface area contributed by atoms with Crippen molar-refractivity contribution in [3.8, 4) is 0 Å². The normalized spacial score (nSPS) is 25.5. The Hall–Kier alpha value is -2.59. The number of ether oxygens (including phenoxy) is 1. The highest BCUT2D eigenvalue weighted by Gasteiger charge is 2.79. The first-order valence-electron chi connectivity index (χ1n) is 9.45. The van der Waals surface area contributed by atoms with Crippen LogP contribution >= 0.6 is 23.4 Å². The number of hydrogen-bond acceptors (Lipinski definition) is 8. The van der Waals surface area contributed by atoms with Crippen LogP contribution in [0, 0.1) is 0 Å². The Morgan fingerprint density at radius 2 is 1.97 bits per heavy atom. The van der Waals surface area contributed by atoms with Crippen molar-refractivity contribution in [3.05, 3.63) is 70.7 Å². The number of nitrogens with two attached hydrogens (primary N) is 1. The summed E-state index contributed by atoms with van der Waals surface area (Å²) in [6, 6.07) is 15.0. The first-order valence-corrected chi connectivity index (χ1v) is 11.0. The van der Waals surface area contributed by atoms with Crippen LogP contribution in [0.1, 0.15) is 15.9 Å². The largest absolute Gasteiger partial charge is 0.427 e. The van der Waals surface area contributed by atoms with E-state index in [0.29, 0.717) is 23.0 Å². The molecule has 0 radical (unpaired) electrons. The van der Waals surface area contributed by atoms with Gasteiger partial charge in [0.25, 0.3) is 17.2 Å². The highest BCUT2D eigenvalue weighted by molar-refractivity contribution is 7.99. The molecule has 2 heterocycles. The maximum atomic E-state index is 12.8. The van der Waals surface area contributed by atoms with Gasteiger partial charge in [0.1, 0.15) is 0 Å². The number of carbonyl (C=O) groups excluding carboxylic acids is 3. The molecule has 0 bridgehead atoms. The van der Waals surface area contributed by atoms with E-state index >= 15 is 0 Å². The van der Waals surface area contributed by atoms with Crippen LogP contribution in [0.15, 0.2) is 54.6 Å². The lowest BCUT2D eigenvalue weighted by Gasteiger charge is -2.55. The molecule has 2 fully saturated rings. The Labute approximate surface area is 187 Å². The first kappa shape index (κ1) is 21.6. The van der Waals surface area contributed by atoms with Crippen molar-refractivity contribution in [2.24, 2.45) is 5.73 Å². The number of rotatable bonds is 7.